The highest BCUT2D eigenvalue weighted by molar-refractivity contribution is 7.80. The van der Waals surface area contributed by atoms with Crippen LogP contribution < -0.4 is 32.3 Å². The first kappa shape index (κ1) is 47.5. The Labute approximate surface area is 384 Å². The molecule has 0 radical (unpaired) electrons. The highest BCUT2D eigenvalue weighted by Gasteiger charge is 2.34. The van der Waals surface area contributed by atoms with Gasteiger partial charge in [-0.25, -0.2) is 4.79 Å². The predicted molar refractivity (Wildman–Crippen MR) is 251 cm³/mol. The Hall–Kier alpha value is -6.96. The van der Waals surface area contributed by atoms with Gasteiger partial charge in [-0.15, -0.1) is 0 Å². The number of benzene rings is 4. The van der Waals surface area contributed by atoms with Crippen molar-refractivity contribution in [3.05, 3.63) is 132 Å². The number of fused-ring (bicyclic) bond motifs is 2. The molecule has 6 aromatic rings. The van der Waals surface area contributed by atoms with Crippen LogP contribution in [0.15, 0.2) is 109 Å². The quantitative estimate of drug-likeness (QED) is 0.0467. The molecule has 0 saturated carbocycles. The third kappa shape index (κ3) is 12.6. The zero-order valence-electron chi connectivity index (χ0n) is 34.9. The zero-order valence-corrected chi connectivity index (χ0v) is 36.7. The molecule has 2 heterocycles. The molecule has 0 unspecified atom stereocenters. The first-order valence-corrected chi connectivity index (χ1v) is 21.9. The second kappa shape index (κ2) is 22.1. The number of carboxylic acid groups (broad SMARTS) is 1. The minimum atomic E-state index is -1.40. The van der Waals surface area contributed by atoms with Crippen LogP contribution in [0, 0.1) is 0 Å². The number of thiol groups is 2. The monoisotopic (exact) mass is 922 g/mol. The molecule has 6 rings (SSSR count). The van der Waals surface area contributed by atoms with Gasteiger partial charge in [0, 0.05) is 71.4 Å². The first-order chi connectivity index (χ1) is 31.2. The number of amides is 5. The number of aromatic hydroxyl groups is 2. The smallest absolute Gasteiger partial charge is 0.327 e. The second-order valence-corrected chi connectivity index (χ2v) is 16.2. The second-order valence-electron chi connectivity index (χ2n) is 15.5. The molecule has 6 atom stereocenters. The summed E-state index contributed by atoms with van der Waals surface area (Å²) in [7, 11) is 0. The Morgan fingerprint density at radius 2 is 0.846 bits per heavy atom. The molecule has 2 aromatic heterocycles. The van der Waals surface area contributed by atoms with Crippen molar-refractivity contribution in [3.8, 4) is 11.5 Å². The number of para-hydroxylation sites is 2. The topological polar surface area (TPSA) is 281 Å². The highest BCUT2D eigenvalue weighted by Crippen LogP contribution is 2.22. The van der Waals surface area contributed by atoms with Gasteiger partial charge >= 0.3 is 5.97 Å². The van der Waals surface area contributed by atoms with E-state index in [0.29, 0.717) is 22.3 Å². The van der Waals surface area contributed by atoms with Gasteiger partial charge in [0.05, 0.1) is 6.04 Å². The van der Waals surface area contributed by atoms with Crippen LogP contribution >= 0.6 is 25.3 Å². The van der Waals surface area contributed by atoms with E-state index in [0.717, 1.165) is 21.8 Å². The molecule has 0 aliphatic carbocycles. The molecule has 0 fully saturated rings. The van der Waals surface area contributed by atoms with Gasteiger partial charge in [-0.1, -0.05) is 60.7 Å². The minimum absolute atomic E-state index is 0.000456. The lowest BCUT2D eigenvalue weighted by molar-refractivity contribution is -0.141. The van der Waals surface area contributed by atoms with E-state index >= 15 is 0 Å². The number of H-pyrrole nitrogens is 2. The van der Waals surface area contributed by atoms with Gasteiger partial charge in [0.1, 0.15) is 41.7 Å². The number of carbonyl (C=O) groups excluding carboxylic acids is 5. The van der Waals surface area contributed by atoms with Crippen molar-refractivity contribution in [2.45, 2.75) is 61.9 Å². The third-order valence-corrected chi connectivity index (χ3v) is 11.6. The summed E-state index contributed by atoms with van der Waals surface area (Å²) in [6.07, 6.45) is 3.04. The third-order valence-electron chi connectivity index (χ3n) is 10.8. The molecule has 0 bridgehead atoms. The van der Waals surface area contributed by atoms with Crippen LogP contribution in [0.2, 0.25) is 0 Å². The Morgan fingerprint density at radius 1 is 0.492 bits per heavy atom. The average Bonchev–Trinajstić information content (AvgIpc) is 3.91. The van der Waals surface area contributed by atoms with E-state index in [1.165, 1.54) is 36.4 Å². The van der Waals surface area contributed by atoms with Crippen molar-refractivity contribution in [2.75, 3.05) is 11.5 Å². The lowest BCUT2D eigenvalue weighted by atomic mass is 9.99. The summed E-state index contributed by atoms with van der Waals surface area (Å²) in [5.41, 5.74) is 9.92. The van der Waals surface area contributed by atoms with Crippen molar-refractivity contribution in [3.63, 3.8) is 0 Å². The van der Waals surface area contributed by atoms with E-state index in [2.05, 4.69) is 61.8 Å². The van der Waals surface area contributed by atoms with Crippen LogP contribution in [-0.4, -0.2) is 109 Å². The summed E-state index contributed by atoms with van der Waals surface area (Å²) < 4.78 is 0. The molecule has 4 aromatic carbocycles. The molecule has 19 heteroatoms. The minimum Gasteiger partial charge on any atom is -0.508 e. The van der Waals surface area contributed by atoms with Crippen LogP contribution in [0.1, 0.15) is 22.3 Å². The van der Waals surface area contributed by atoms with Crippen LogP contribution in [0.25, 0.3) is 21.8 Å². The number of aliphatic carboxylic acids is 1. The Kier molecular flexibility index (Phi) is 16.2. The van der Waals surface area contributed by atoms with Crippen LogP contribution in [0.5, 0.6) is 11.5 Å². The number of aromatic amines is 2. The predicted octanol–water partition coefficient (Wildman–Crippen LogP) is 2.03. The number of aromatic nitrogens is 2. The standard InChI is InChI=1S/C46H50N8O9S2/c47-33(23-64)41(57)50-38(19-27-21-48-34-7-3-1-5-31(27)34)44(60)51-36(17-25-9-13-29(55)14-10-25)42(58)53-39(20-28-22-49-35-8-4-2-6-32(28)35)45(61)52-37(18-26-11-15-30(56)16-12-26)43(59)54-40(24-65)46(62)63/h1-16,21-22,33,36-40,48-49,55-56,64-65H,17-20,23-24,47H2,(H,50,57)(H,51,60)(H,52,61)(H,53,58)(H,54,59)(H,62,63)/t33-,36-,37-,38-,39-,40-/m0/s1. The molecule has 5 amide bonds. The molecule has 0 spiro atoms. The van der Waals surface area contributed by atoms with E-state index in [1.807, 2.05) is 48.5 Å². The molecular formula is C46H50N8O9S2. The highest BCUT2D eigenvalue weighted by atomic mass is 32.1. The molecule has 65 heavy (non-hydrogen) atoms. The molecule has 0 aliphatic rings. The number of rotatable bonds is 21. The van der Waals surface area contributed by atoms with Gasteiger partial charge in [0.2, 0.25) is 29.5 Å². The van der Waals surface area contributed by atoms with Gasteiger partial charge in [-0.3, -0.25) is 24.0 Å². The molecule has 17 nitrogen and oxygen atoms in total. The molecule has 0 saturated heterocycles. The van der Waals surface area contributed by atoms with E-state index in [1.54, 1.807) is 24.5 Å². The van der Waals surface area contributed by atoms with Crippen molar-refractivity contribution < 1.29 is 44.1 Å². The van der Waals surface area contributed by atoms with Crippen LogP contribution in [-0.2, 0) is 54.5 Å². The van der Waals surface area contributed by atoms with Crippen molar-refractivity contribution >= 4 is 82.6 Å². The summed E-state index contributed by atoms with van der Waals surface area (Å²) >= 11 is 8.20. The van der Waals surface area contributed by atoms with E-state index in [9.17, 15) is 44.1 Å². The van der Waals surface area contributed by atoms with Crippen LogP contribution in [0.4, 0.5) is 0 Å². The van der Waals surface area contributed by atoms with E-state index < -0.39 is 71.8 Å². The fraction of sp³-hybridized carbons (Fsp3) is 0.261. The molecule has 12 N–H and O–H groups in total. The number of hydrogen-bond donors (Lipinski definition) is 13. The Morgan fingerprint density at radius 3 is 1.22 bits per heavy atom. The Bertz CT molecular complexity index is 2640. The van der Waals surface area contributed by atoms with Crippen molar-refractivity contribution in [1.29, 1.82) is 0 Å². The SMILES string of the molecule is N[C@@H](CS)C(=O)N[C@@H](Cc1c[nH]c2ccccc12)C(=O)N[C@@H](Cc1ccc(O)cc1)C(=O)N[C@@H](Cc1c[nH]c2ccccc12)C(=O)N[C@@H](Cc1ccc(O)cc1)C(=O)N[C@@H](CS)C(=O)O. The van der Waals surface area contributed by atoms with Gasteiger partial charge < -0.3 is 57.6 Å². The summed E-state index contributed by atoms with van der Waals surface area (Å²) in [4.78, 5) is 88.7. The van der Waals surface area contributed by atoms with Gasteiger partial charge in [-0.2, -0.15) is 25.3 Å². The van der Waals surface area contributed by atoms with Crippen molar-refractivity contribution in [2.24, 2.45) is 5.73 Å². The maximum absolute atomic E-state index is 14.7. The molecular weight excluding hydrogens is 873 g/mol. The first-order valence-electron chi connectivity index (χ1n) is 20.6. The van der Waals surface area contributed by atoms with Crippen LogP contribution in [0.3, 0.4) is 0 Å². The maximum atomic E-state index is 14.7. The number of carboxylic acids is 1. The number of carbonyl (C=O) groups is 6. The number of phenols is 2. The lowest BCUT2D eigenvalue weighted by Crippen LogP contribution is -2.60. The molecule has 340 valence electrons. The number of phenolic OH excluding ortho intramolecular Hbond substituents is 2. The summed E-state index contributed by atoms with van der Waals surface area (Å²) in [6, 6.07) is 18.7. The number of hydrogen-bond acceptors (Lipinski definition) is 11. The summed E-state index contributed by atoms with van der Waals surface area (Å²) in [6.45, 7) is 0. The number of nitrogens with two attached hydrogens (primary N) is 1. The maximum Gasteiger partial charge on any atom is 0.327 e. The van der Waals surface area contributed by atoms with Gasteiger partial charge in [0.25, 0.3) is 0 Å². The number of nitrogens with one attached hydrogen (secondary N) is 7. The Balaban J connectivity index is 1.33. The normalized spacial score (nSPS) is 14.0. The molecule has 0 aliphatic heterocycles. The average molecular weight is 923 g/mol. The lowest BCUT2D eigenvalue weighted by Gasteiger charge is -2.27. The summed E-state index contributed by atoms with van der Waals surface area (Å²) in [5.74, 6) is -5.54. The summed E-state index contributed by atoms with van der Waals surface area (Å²) in [5, 5.41) is 44.5. The van der Waals surface area contributed by atoms with E-state index in [-0.39, 0.29) is 48.7 Å². The largest absolute Gasteiger partial charge is 0.508 e. The zero-order chi connectivity index (χ0) is 46.6. The van der Waals surface area contributed by atoms with E-state index in [4.69, 9.17) is 5.73 Å². The van der Waals surface area contributed by atoms with Gasteiger partial charge in [0.15, 0.2) is 0 Å². The fourth-order valence-electron chi connectivity index (χ4n) is 7.25. The fourth-order valence-corrected chi connectivity index (χ4v) is 7.66. The van der Waals surface area contributed by atoms with Gasteiger partial charge in [-0.05, 0) is 58.7 Å². The van der Waals surface area contributed by atoms with Crippen molar-refractivity contribution in [1.82, 2.24) is 36.6 Å².